The zero-order valence-electron chi connectivity index (χ0n) is 7.25. The third-order valence-corrected chi connectivity index (χ3v) is 1.72. The van der Waals surface area contributed by atoms with Crippen LogP contribution in [-0.2, 0) is 0 Å². The molecule has 0 aliphatic carbocycles. The van der Waals surface area contributed by atoms with E-state index in [-0.39, 0.29) is 0 Å². The zero-order valence-corrected chi connectivity index (χ0v) is 7.25. The van der Waals surface area contributed by atoms with Crippen LogP contribution in [0.4, 0.5) is 0 Å². The molecule has 4 heteroatoms. The van der Waals surface area contributed by atoms with Gasteiger partial charge in [-0.05, 0) is 12.1 Å². The Labute approximate surface area is 80.9 Å². The monoisotopic (exact) mass is 182 g/mol. The number of hydrogen-bond acceptors (Lipinski definition) is 4. The lowest BCUT2D eigenvalue weighted by molar-refractivity contribution is 1.15. The summed E-state index contributed by atoms with van der Waals surface area (Å²) < 4.78 is 0. The van der Waals surface area contributed by atoms with Gasteiger partial charge in [0.25, 0.3) is 0 Å². The van der Waals surface area contributed by atoms with Crippen molar-refractivity contribution < 1.29 is 0 Å². The van der Waals surface area contributed by atoms with E-state index in [2.05, 4.69) is 15.0 Å². The molecule has 0 atom stereocenters. The molecule has 0 saturated carbocycles. The van der Waals surface area contributed by atoms with Gasteiger partial charge in [-0.25, -0.2) is 9.97 Å². The molecular formula is C10H6N4. The number of pyridine rings is 1. The van der Waals surface area contributed by atoms with Crippen molar-refractivity contribution in [2.24, 2.45) is 0 Å². The predicted molar refractivity (Wildman–Crippen MR) is 50.0 cm³/mol. The van der Waals surface area contributed by atoms with Gasteiger partial charge in [-0.1, -0.05) is 0 Å². The van der Waals surface area contributed by atoms with Crippen molar-refractivity contribution in [1.82, 2.24) is 15.0 Å². The maximum atomic E-state index is 8.56. The van der Waals surface area contributed by atoms with Crippen LogP contribution in [0.3, 0.4) is 0 Å². The average Bonchev–Trinajstić information content (AvgIpc) is 2.30. The first kappa shape index (κ1) is 8.32. The van der Waals surface area contributed by atoms with Crippen molar-refractivity contribution in [1.29, 1.82) is 5.26 Å². The molecule has 0 unspecified atom stereocenters. The highest BCUT2D eigenvalue weighted by Crippen LogP contribution is 2.11. The summed E-state index contributed by atoms with van der Waals surface area (Å²) in [6.07, 6.45) is 6.36. The minimum absolute atomic E-state index is 0.461. The topological polar surface area (TPSA) is 62.5 Å². The number of rotatable bonds is 1. The molecule has 2 rings (SSSR count). The Balaban J connectivity index is 2.40. The highest BCUT2D eigenvalue weighted by molar-refractivity contribution is 5.53. The number of aromatic nitrogens is 3. The van der Waals surface area contributed by atoms with Gasteiger partial charge in [0.15, 0.2) is 5.82 Å². The molecule has 66 valence electrons. The summed E-state index contributed by atoms with van der Waals surface area (Å²) in [5.41, 5.74) is 1.35. The molecule has 0 N–H and O–H groups in total. The molecule has 0 radical (unpaired) electrons. The molecule has 0 saturated heterocycles. The van der Waals surface area contributed by atoms with Gasteiger partial charge in [0, 0.05) is 30.4 Å². The Hall–Kier alpha value is -2.28. The van der Waals surface area contributed by atoms with Gasteiger partial charge in [0.2, 0.25) is 0 Å². The van der Waals surface area contributed by atoms with Crippen LogP contribution in [0.25, 0.3) is 11.4 Å². The van der Waals surface area contributed by atoms with Crippen molar-refractivity contribution in [2.75, 3.05) is 0 Å². The summed E-state index contributed by atoms with van der Waals surface area (Å²) in [5.74, 6) is 0.603. The normalized spacial score (nSPS) is 9.36. The lowest BCUT2D eigenvalue weighted by atomic mass is 10.2. The summed E-state index contributed by atoms with van der Waals surface area (Å²) in [4.78, 5) is 12.0. The molecule has 0 aromatic carbocycles. The second-order valence-electron chi connectivity index (χ2n) is 2.64. The van der Waals surface area contributed by atoms with E-state index < -0.39 is 0 Å². The summed E-state index contributed by atoms with van der Waals surface area (Å²) in [6, 6.07) is 5.61. The third kappa shape index (κ3) is 1.57. The van der Waals surface area contributed by atoms with Crippen molar-refractivity contribution in [3.05, 3.63) is 42.5 Å². The second-order valence-corrected chi connectivity index (χ2v) is 2.64. The SMILES string of the molecule is N#Cc1cnc(-c2ccncc2)nc1. The van der Waals surface area contributed by atoms with Crippen LogP contribution >= 0.6 is 0 Å². The van der Waals surface area contributed by atoms with E-state index in [0.717, 1.165) is 5.56 Å². The summed E-state index contributed by atoms with van der Waals surface area (Å²) in [7, 11) is 0. The van der Waals surface area contributed by atoms with Crippen LogP contribution in [0.15, 0.2) is 36.9 Å². The molecule has 0 bridgehead atoms. The zero-order chi connectivity index (χ0) is 9.80. The molecule has 2 aromatic heterocycles. The molecule has 14 heavy (non-hydrogen) atoms. The molecule has 2 heterocycles. The molecule has 0 fully saturated rings. The van der Waals surface area contributed by atoms with Crippen molar-refractivity contribution in [3.8, 4) is 17.5 Å². The van der Waals surface area contributed by atoms with E-state index in [1.165, 1.54) is 12.4 Å². The molecule has 0 spiro atoms. The first-order chi connectivity index (χ1) is 6.90. The highest BCUT2D eigenvalue weighted by atomic mass is 14.9. The molecule has 2 aromatic rings. The van der Waals surface area contributed by atoms with Gasteiger partial charge >= 0.3 is 0 Å². The fourth-order valence-electron chi connectivity index (χ4n) is 1.04. The van der Waals surface area contributed by atoms with Crippen LogP contribution in [0.2, 0.25) is 0 Å². The lowest BCUT2D eigenvalue weighted by Crippen LogP contribution is -1.89. The molecular weight excluding hydrogens is 176 g/mol. The smallest absolute Gasteiger partial charge is 0.159 e. The van der Waals surface area contributed by atoms with Crippen LogP contribution < -0.4 is 0 Å². The minimum atomic E-state index is 0.461. The molecule has 4 nitrogen and oxygen atoms in total. The molecule has 0 amide bonds. The van der Waals surface area contributed by atoms with E-state index in [1.54, 1.807) is 12.4 Å². The van der Waals surface area contributed by atoms with Crippen molar-refractivity contribution in [2.45, 2.75) is 0 Å². The fraction of sp³-hybridized carbons (Fsp3) is 0. The van der Waals surface area contributed by atoms with E-state index in [0.29, 0.717) is 11.4 Å². The first-order valence-electron chi connectivity index (χ1n) is 4.02. The lowest BCUT2D eigenvalue weighted by Gasteiger charge is -1.97. The summed E-state index contributed by atoms with van der Waals surface area (Å²) in [6.45, 7) is 0. The fourth-order valence-corrected chi connectivity index (χ4v) is 1.04. The van der Waals surface area contributed by atoms with E-state index in [1.807, 2.05) is 18.2 Å². The number of hydrogen-bond donors (Lipinski definition) is 0. The average molecular weight is 182 g/mol. The summed E-state index contributed by atoms with van der Waals surface area (Å²) in [5, 5.41) is 8.56. The Morgan fingerprint density at radius 2 is 1.71 bits per heavy atom. The van der Waals surface area contributed by atoms with Crippen LogP contribution in [0.5, 0.6) is 0 Å². The maximum Gasteiger partial charge on any atom is 0.159 e. The third-order valence-electron chi connectivity index (χ3n) is 1.72. The van der Waals surface area contributed by atoms with Gasteiger partial charge in [-0.3, -0.25) is 4.98 Å². The minimum Gasteiger partial charge on any atom is -0.265 e. The van der Waals surface area contributed by atoms with Gasteiger partial charge in [-0.2, -0.15) is 5.26 Å². The van der Waals surface area contributed by atoms with Gasteiger partial charge in [0.05, 0.1) is 5.56 Å². The maximum absolute atomic E-state index is 8.56. The van der Waals surface area contributed by atoms with Gasteiger partial charge in [0.1, 0.15) is 6.07 Å². The molecule has 0 aliphatic rings. The van der Waals surface area contributed by atoms with E-state index >= 15 is 0 Å². The van der Waals surface area contributed by atoms with E-state index in [9.17, 15) is 0 Å². The molecule has 0 aliphatic heterocycles. The van der Waals surface area contributed by atoms with Crippen LogP contribution in [0, 0.1) is 11.3 Å². The van der Waals surface area contributed by atoms with E-state index in [4.69, 9.17) is 5.26 Å². The summed E-state index contributed by atoms with van der Waals surface area (Å²) >= 11 is 0. The first-order valence-corrected chi connectivity index (χ1v) is 4.02. The van der Waals surface area contributed by atoms with Gasteiger partial charge < -0.3 is 0 Å². The number of nitrogens with zero attached hydrogens (tertiary/aromatic N) is 4. The standard InChI is InChI=1S/C10H6N4/c11-5-8-6-13-10(14-7-8)9-1-3-12-4-2-9/h1-4,6-7H. The van der Waals surface area contributed by atoms with Crippen LogP contribution in [-0.4, -0.2) is 15.0 Å². The van der Waals surface area contributed by atoms with Gasteiger partial charge in [-0.15, -0.1) is 0 Å². The number of nitriles is 1. The van der Waals surface area contributed by atoms with Crippen LogP contribution in [0.1, 0.15) is 5.56 Å². The largest absolute Gasteiger partial charge is 0.265 e. The Morgan fingerprint density at radius 1 is 1.07 bits per heavy atom. The van der Waals surface area contributed by atoms with Crippen molar-refractivity contribution in [3.63, 3.8) is 0 Å². The Morgan fingerprint density at radius 3 is 2.29 bits per heavy atom. The quantitative estimate of drug-likeness (QED) is 0.668. The Kier molecular flexibility index (Phi) is 2.15. The highest BCUT2D eigenvalue weighted by Gasteiger charge is 1.99. The second kappa shape index (κ2) is 3.62. The van der Waals surface area contributed by atoms with Crippen molar-refractivity contribution >= 4 is 0 Å². The Bertz CT molecular complexity index is 456. The predicted octanol–water partition coefficient (Wildman–Crippen LogP) is 1.41.